The molecule has 0 N–H and O–H groups in total. The van der Waals surface area contributed by atoms with Gasteiger partial charge in [-0.05, 0) is 6.92 Å². The van der Waals surface area contributed by atoms with E-state index < -0.39 is 5.97 Å². The first-order chi connectivity index (χ1) is 6.72. The zero-order valence-corrected chi connectivity index (χ0v) is 8.92. The van der Waals surface area contributed by atoms with Gasteiger partial charge in [0.15, 0.2) is 0 Å². The van der Waals surface area contributed by atoms with Crippen LogP contribution in [0.2, 0.25) is 0 Å². The maximum absolute atomic E-state index is 11.0. The zero-order valence-electron chi connectivity index (χ0n) is 8.02. The standard InChI is InChI=1S/C8H13O5P/c1-3-12-8(9)7(2)6-11-4-5-13-14-10/h2-6H2,1H3. The van der Waals surface area contributed by atoms with Crippen molar-refractivity contribution in [3.8, 4) is 0 Å². The summed E-state index contributed by atoms with van der Waals surface area (Å²) in [7, 11) is -0.377. The Bertz CT molecular complexity index is 204. The molecule has 0 rings (SSSR count). The van der Waals surface area contributed by atoms with Crippen molar-refractivity contribution in [3.05, 3.63) is 12.2 Å². The predicted octanol–water partition coefficient (Wildman–Crippen LogP) is 1.35. The van der Waals surface area contributed by atoms with Gasteiger partial charge in [-0.1, -0.05) is 6.58 Å². The molecule has 0 spiro atoms. The first-order valence-electron chi connectivity index (χ1n) is 4.09. The van der Waals surface area contributed by atoms with E-state index in [-0.39, 0.29) is 34.1 Å². The lowest BCUT2D eigenvalue weighted by Gasteiger charge is -2.05. The molecule has 6 heteroatoms. The Morgan fingerprint density at radius 1 is 1.43 bits per heavy atom. The minimum atomic E-state index is -0.463. The van der Waals surface area contributed by atoms with Crippen LogP contribution in [0.1, 0.15) is 6.92 Å². The molecule has 0 aliphatic rings. The van der Waals surface area contributed by atoms with Crippen LogP contribution in [0.4, 0.5) is 0 Å². The fraction of sp³-hybridized carbons (Fsp3) is 0.625. The van der Waals surface area contributed by atoms with Crippen molar-refractivity contribution in [3.63, 3.8) is 0 Å². The summed E-state index contributed by atoms with van der Waals surface area (Å²) in [4.78, 5) is 11.0. The fourth-order valence-electron chi connectivity index (χ4n) is 0.621. The Labute approximate surface area is 84.3 Å². The summed E-state index contributed by atoms with van der Waals surface area (Å²) in [6.45, 7) is 6.08. The molecule has 0 unspecified atom stereocenters. The molecule has 0 heterocycles. The number of carbonyl (C=O) groups is 1. The van der Waals surface area contributed by atoms with Crippen molar-refractivity contribution in [2.45, 2.75) is 6.92 Å². The third-order valence-corrected chi connectivity index (χ3v) is 1.50. The highest BCUT2D eigenvalue weighted by atomic mass is 31.1. The zero-order chi connectivity index (χ0) is 10.8. The molecule has 0 amide bonds. The van der Waals surface area contributed by atoms with E-state index in [1.807, 2.05) is 0 Å². The first-order valence-corrected chi connectivity index (χ1v) is 4.82. The van der Waals surface area contributed by atoms with Crippen molar-refractivity contribution in [2.75, 3.05) is 26.4 Å². The quantitative estimate of drug-likeness (QED) is 0.267. The fourth-order valence-corrected chi connectivity index (χ4v) is 0.770. The molecule has 0 saturated heterocycles. The molecule has 0 atom stereocenters. The Hall–Kier alpha value is -0.770. The van der Waals surface area contributed by atoms with Gasteiger partial charge in [-0.3, -0.25) is 4.52 Å². The average Bonchev–Trinajstić information content (AvgIpc) is 2.17. The van der Waals surface area contributed by atoms with E-state index in [1.165, 1.54) is 0 Å². The van der Waals surface area contributed by atoms with E-state index in [4.69, 9.17) is 4.74 Å². The lowest BCUT2D eigenvalue weighted by Crippen LogP contribution is -2.13. The SMILES string of the molecule is C=C(COCCOP=O)C(=O)OCC. The molecule has 0 aromatic heterocycles. The van der Waals surface area contributed by atoms with Crippen molar-refractivity contribution >= 4 is 14.7 Å². The van der Waals surface area contributed by atoms with Crippen LogP contribution in [0.5, 0.6) is 0 Å². The lowest BCUT2D eigenvalue weighted by molar-refractivity contribution is -0.139. The third-order valence-electron chi connectivity index (χ3n) is 1.21. The van der Waals surface area contributed by atoms with Crippen LogP contribution >= 0.6 is 8.69 Å². The van der Waals surface area contributed by atoms with Gasteiger partial charge in [0, 0.05) is 0 Å². The normalized spacial score (nSPS) is 10.1. The Kier molecular flexibility index (Phi) is 8.33. The van der Waals surface area contributed by atoms with E-state index >= 15 is 0 Å². The van der Waals surface area contributed by atoms with Gasteiger partial charge < -0.3 is 9.47 Å². The number of hydrogen-bond donors (Lipinski definition) is 0. The number of rotatable bonds is 8. The van der Waals surface area contributed by atoms with E-state index in [2.05, 4.69) is 15.8 Å². The monoisotopic (exact) mass is 220 g/mol. The van der Waals surface area contributed by atoms with E-state index in [1.54, 1.807) is 6.92 Å². The van der Waals surface area contributed by atoms with Crippen molar-refractivity contribution in [1.29, 1.82) is 0 Å². The molecule has 0 saturated carbocycles. The Morgan fingerprint density at radius 2 is 2.14 bits per heavy atom. The summed E-state index contributed by atoms with van der Waals surface area (Å²) in [6, 6.07) is 0. The molecular weight excluding hydrogens is 207 g/mol. The molecule has 0 radical (unpaired) electrons. The highest BCUT2D eigenvalue weighted by molar-refractivity contribution is 7.17. The van der Waals surface area contributed by atoms with Crippen LogP contribution in [0.3, 0.4) is 0 Å². The summed E-state index contributed by atoms with van der Waals surface area (Å²) in [5.74, 6) is -0.463. The van der Waals surface area contributed by atoms with Gasteiger partial charge in [0.2, 0.25) is 0 Å². The second kappa shape index (κ2) is 8.81. The van der Waals surface area contributed by atoms with Gasteiger partial charge in [-0.25, -0.2) is 9.36 Å². The molecular formula is C8H13O5P. The largest absolute Gasteiger partial charge is 0.463 e. The number of ether oxygens (including phenoxy) is 2. The van der Waals surface area contributed by atoms with Crippen LogP contribution in [0.25, 0.3) is 0 Å². The molecule has 0 aliphatic carbocycles. The summed E-state index contributed by atoms with van der Waals surface area (Å²) >= 11 is 0. The third kappa shape index (κ3) is 6.71. The molecule has 0 fully saturated rings. The molecule has 0 aromatic carbocycles. The maximum atomic E-state index is 11.0. The van der Waals surface area contributed by atoms with Gasteiger partial charge in [0.25, 0.3) is 0 Å². The predicted molar refractivity (Wildman–Crippen MR) is 50.2 cm³/mol. The molecule has 5 nitrogen and oxygen atoms in total. The summed E-state index contributed by atoms with van der Waals surface area (Å²) in [6.07, 6.45) is 0. The summed E-state index contributed by atoms with van der Waals surface area (Å²) in [5.41, 5.74) is 0.256. The molecule has 80 valence electrons. The summed E-state index contributed by atoms with van der Waals surface area (Å²) < 4.78 is 24.0. The highest BCUT2D eigenvalue weighted by Crippen LogP contribution is 1.97. The van der Waals surface area contributed by atoms with Crippen LogP contribution in [-0.4, -0.2) is 32.4 Å². The second-order valence-corrected chi connectivity index (χ2v) is 2.69. The molecule has 0 bridgehead atoms. The second-order valence-electron chi connectivity index (χ2n) is 2.28. The van der Waals surface area contributed by atoms with Crippen LogP contribution in [0.15, 0.2) is 12.2 Å². The van der Waals surface area contributed by atoms with Crippen molar-refractivity contribution in [1.82, 2.24) is 0 Å². The van der Waals surface area contributed by atoms with Gasteiger partial charge >= 0.3 is 14.7 Å². The van der Waals surface area contributed by atoms with Crippen LogP contribution in [-0.2, 0) is 23.4 Å². The highest BCUT2D eigenvalue weighted by Gasteiger charge is 2.06. The minimum absolute atomic E-state index is 0.0952. The topological polar surface area (TPSA) is 61.8 Å². The smallest absolute Gasteiger partial charge is 0.335 e. The minimum Gasteiger partial charge on any atom is -0.463 e. The van der Waals surface area contributed by atoms with E-state index in [9.17, 15) is 9.36 Å². The van der Waals surface area contributed by atoms with Gasteiger partial charge in [0.05, 0.1) is 32.0 Å². The molecule has 14 heavy (non-hydrogen) atoms. The Morgan fingerprint density at radius 3 is 2.71 bits per heavy atom. The average molecular weight is 220 g/mol. The van der Waals surface area contributed by atoms with Crippen LogP contribution < -0.4 is 0 Å². The molecule has 0 aliphatic heterocycles. The lowest BCUT2D eigenvalue weighted by atomic mass is 10.3. The van der Waals surface area contributed by atoms with E-state index in [0.717, 1.165) is 0 Å². The maximum Gasteiger partial charge on any atom is 0.335 e. The van der Waals surface area contributed by atoms with Gasteiger partial charge in [-0.2, -0.15) is 0 Å². The van der Waals surface area contributed by atoms with Gasteiger partial charge in [0.1, 0.15) is 0 Å². The molecule has 0 aromatic rings. The van der Waals surface area contributed by atoms with E-state index in [0.29, 0.717) is 6.61 Å². The van der Waals surface area contributed by atoms with Gasteiger partial charge in [-0.15, -0.1) is 0 Å². The first kappa shape index (κ1) is 13.2. The van der Waals surface area contributed by atoms with Crippen LogP contribution in [0, 0.1) is 0 Å². The number of hydrogen-bond acceptors (Lipinski definition) is 5. The number of carbonyl (C=O) groups excluding carboxylic acids is 1. The van der Waals surface area contributed by atoms with Crippen molar-refractivity contribution < 1.29 is 23.4 Å². The van der Waals surface area contributed by atoms with Crippen molar-refractivity contribution in [2.24, 2.45) is 0 Å². The number of esters is 1. The Balaban J connectivity index is 3.43. The summed E-state index contributed by atoms with van der Waals surface area (Å²) in [5, 5.41) is 0.